The van der Waals surface area contributed by atoms with E-state index in [4.69, 9.17) is 0 Å². The van der Waals surface area contributed by atoms with Crippen molar-refractivity contribution < 1.29 is 13.5 Å². The third-order valence-electron chi connectivity index (χ3n) is 2.33. The quantitative estimate of drug-likeness (QED) is 0.926. The lowest BCUT2D eigenvalue weighted by molar-refractivity contribution is 0.176. The van der Waals surface area contributed by atoms with Gasteiger partial charge in [-0.05, 0) is 24.6 Å². The third-order valence-corrected chi connectivity index (χ3v) is 4.47. The standard InChI is InChI=1S/C10H13BrO3S/c1-7(15(2,13)14)10(12)8-3-5-9(11)6-4-8/h3-7,10,12H,1-2H3/t7-,10+/m1/s1. The van der Waals surface area contributed by atoms with Crippen molar-refractivity contribution in [3.05, 3.63) is 34.3 Å². The molecule has 1 rings (SSSR count). The molecule has 0 aliphatic carbocycles. The van der Waals surface area contributed by atoms with Gasteiger partial charge in [-0.25, -0.2) is 8.42 Å². The Bertz CT molecular complexity index is 424. The van der Waals surface area contributed by atoms with Gasteiger partial charge < -0.3 is 5.11 Å². The van der Waals surface area contributed by atoms with E-state index in [2.05, 4.69) is 15.9 Å². The van der Waals surface area contributed by atoms with Crippen molar-refractivity contribution >= 4 is 25.8 Å². The van der Waals surface area contributed by atoms with Crippen LogP contribution in [0.5, 0.6) is 0 Å². The number of rotatable bonds is 3. The molecule has 0 saturated carbocycles. The van der Waals surface area contributed by atoms with Crippen LogP contribution in [0.15, 0.2) is 28.7 Å². The van der Waals surface area contributed by atoms with Crippen LogP contribution >= 0.6 is 15.9 Å². The zero-order valence-electron chi connectivity index (χ0n) is 8.51. The lowest BCUT2D eigenvalue weighted by Gasteiger charge is -2.17. The molecule has 0 amide bonds. The van der Waals surface area contributed by atoms with Crippen LogP contribution in [0.4, 0.5) is 0 Å². The fourth-order valence-corrected chi connectivity index (χ4v) is 2.05. The monoisotopic (exact) mass is 292 g/mol. The number of halogens is 1. The molecule has 2 atom stereocenters. The molecule has 0 aliphatic heterocycles. The van der Waals surface area contributed by atoms with Crippen LogP contribution in [-0.2, 0) is 9.84 Å². The molecule has 0 bridgehead atoms. The second-order valence-corrected chi connectivity index (χ2v) is 6.85. The predicted octanol–water partition coefficient (Wildman–Crippen LogP) is 1.92. The maximum atomic E-state index is 11.2. The summed E-state index contributed by atoms with van der Waals surface area (Å²) in [5.41, 5.74) is 0.608. The van der Waals surface area contributed by atoms with E-state index in [0.29, 0.717) is 5.56 Å². The van der Waals surface area contributed by atoms with Crippen molar-refractivity contribution in [3.63, 3.8) is 0 Å². The molecule has 0 aliphatic rings. The highest BCUT2D eigenvalue weighted by molar-refractivity contribution is 9.10. The normalized spacial score (nSPS) is 16.0. The number of aliphatic hydroxyl groups is 1. The van der Waals surface area contributed by atoms with Crippen molar-refractivity contribution in [2.45, 2.75) is 18.3 Å². The summed E-state index contributed by atoms with van der Waals surface area (Å²) >= 11 is 3.27. The first kappa shape index (κ1) is 12.7. The van der Waals surface area contributed by atoms with E-state index in [9.17, 15) is 13.5 Å². The molecular weight excluding hydrogens is 280 g/mol. The van der Waals surface area contributed by atoms with Crippen LogP contribution in [0.2, 0.25) is 0 Å². The maximum Gasteiger partial charge on any atom is 0.152 e. The number of aliphatic hydroxyl groups excluding tert-OH is 1. The number of sulfone groups is 1. The Hall–Kier alpha value is -0.390. The number of hydrogen-bond donors (Lipinski definition) is 1. The summed E-state index contributed by atoms with van der Waals surface area (Å²) in [6.07, 6.45) is 0.146. The van der Waals surface area contributed by atoms with Crippen LogP contribution in [0.1, 0.15) is 18.6 Å². The number of benzene rings is 1. The lowest BCUT2D eigenvalue weighted by atomic mass is 10.1. The maximum absolute atomic E-state index is 11.2. The van der Waals surface area contributed by atoms with Gasteiger partial charge >= 0.3 is 0 Å². The second kappa shape index (κ2) is 4.63. The van der Waals surface area contributed by atoms with Crippen molar-refractivity contribution in [3.8, 4) is 0 Å². The largest absolute Gasteiger partial charge is 0.387 e. The van der Waals surface area contributed by atoms with Crippen molar-refractivity contribution in [1.29, 1.82) is 0 Å². The third kappa shape index (κ3) is 3.29. The van der Waals surface area contributed by atoms with E-state index in [1.165, 1.54) is 6.92 Å². The first-order valence-corrected chi connectivity index (χ1v) is 7.19. The Morgan fingerprint density at radius 1 is 1.27 bits per heavy atom. The molecule has 0 aromatic heterocycles. The molecular formula is C10H13BrO3S. The van der Waals surface area contributed by atoms with Gasteiger partial charge in [0.15, 0.2) is 9.84 Å². The second-order valence-electron chi connectivity index (χ2n) is 3.53. The zero-order valence-corrected chi connectivity index (χ0v) is 10.9. The predicted molar refractivity (Wildman–Crippen MR) is 63.4 cm³/mol. The van der Waals surface area contributed by atoms with Crippen LogP contribution in [0, 0.1) is 0 Å². The molecule has 5 heteroatoms. The van der Waals surface area contributed by atoms with E-state index in [-0.39, 0.29) is 0 Å². The van der Waals surface area contributed by atoms with Crippen molar-refractivity contribution in [2.24, 2.45) is 0 Å². The molecule has 0 heterocycles. The molecule has 1 N–H and O–H groups in total. The average Bonchev–Trinajstić information content (AvgIpc) is 2.15. The summed E-state index contributed by atoms with van der Waals surface area (Å²) in [6, 6.07) is 6.95. The van der Waals surface area contributed by atoms with E-state index in [1.807, 2.05) is 0 Å². The fourth-order valence-electron chi connectivity index (χ4n) is 1.17. The van der Waals surface area contributed by atoms with Crippen LogP contribution in [-0.4, -0.2) is 25.0 Å². The van der Waals surface area contributed by atoms with E-state index in [0.717, 1.165) is 10.7 Å². The summed E-state index contributed by atoms with van der Waals surface area (Å²) in [5, 5.41) is 9.03. The minimum atomic E-state index is -3.22. The van der Waals surface area contributed by atoms with Gasteiger partial charge in [-0.1, -0.05) is 28.1 Å². The van der Waals surface area contributed by atoms with Gasteiger partial charge in [-0.3, -0.25) is 0 Å². The Balaban J connectivity index is 2.95. The Morgan fingerprint density at radius 3 is 2.13 bits per heavy atom. The molecule has 1 aromatic rings. The van der Waals surface area contributed by atoms with Crippen LogP contribution in [0.3, 0.4) is 0 Å². The molecule has 0 saturated heterocycles. The van der Waals surface area contributed by atoms with Gasteiger partial charge in [0.1, 0.15) is 0 Å². The molecule has 15 heavy (non-hydrogen) atoms. The van der Waals surface area contributed by atoms with E-state index < -0.39 is 21.2 Å². The minimum Gasteiger partial charge on any atom is -0.387 e. The summed E-state index contributed by atoms with van der Waals surface area (Å²) in [4.78, 5) is 0. The van der Waals surface area contributed by atoms with E-state index >= 15 is 0 Å². The Morgan fingerprint density at radius 2 is 1.73 bits per heavy atom. The molecule has 0 unspecified atom stereocenters. The summed E-state index contributed by atoms with van der Waals surface area (Å²) < 4.78 is 23.4. The lowest BCUT2D eigenvalue weighted by Crippen LogP contribution is -2.24. The number of hydrogen-bond acceptors (Lipinski definition) is 3. The molecule has 84 valence electrons. The molecule has 3 nitrogen and oxygen atoms in total. The Kier molecular flexibility index (Phi) is 3.92. The van der Waals surface area contributed by atoms with Gasteiger partial charge in [0, 0.05) is 10.7 Å². The summed E-state index contributed by atoms with van der Waals surface area (Å²) in [6.45, 7) is 1.50. The highest BCUT2D eigenvalue weighted by Crippen LogP contribution is 2.22. The molecule has 0 radical (unpaired) electrons. The fraction of sp³-hybridized carbons (Fsp3) is 0.400. The van der Waals surface area contributed by atoms with Crippen LogP contribution in [0.25, 0.3) is 0 Å². The molecule has 0 spiro atoms. The first-order chi connectivity index (χ1) is 6.82. The summed E-state index contributed by atoms with van der Waals surface area (Å²) in [5.74, 6) is 0. The molecule has 1 aromatic carbocycles. The first-order valence-electron chi connectivity index (χ1n) is 4.45. The van der Waals surface area contributed by atoms with Gasteiger partial charge in [-0.2, -0.15) is 0 Å². The highest BCUT2D eigenvalue weighted by atomic mass is 79.9. The van der Waals surface area contributed by atoms with E-state index in [1.54, 1.807) is 24.3 Å². The summed E-state index contributed by atoms with van der Waals surface area (Å²) in [7, 11) is -3.22. The van der Waals surface area contributed by atoms with Gasteiger partial charge in [0.05, 0.1) is 11.4 Å². The van der Waals surface area contributed by atoms with Crippen molar-refractivity contribution in [1.82, 2.24) is 0 Å². The average molecular weight is 293 g/mol. The van der Waals surface area contributed by atoms with Gasteiger partial charge in [0.25, 0.3) is 0 Å². The Labute approximate surface area is 98.2 Å². The van der Waals surface area contributed by atoms with Gasteiger partial charge in [0.2, 0.25) is 0 Å². The van der Waals surface area contributed by atoms with Gasteiger partial charge in [-0.15, -0.1) is 0 Å². The smallest absolute Gasteiger partial charge is 0.152 e. The SMILES string of the molecule is C[C@H]([C@H](O)c1ccc(Br)cc1)S(C)(=O)=O. The highest BCUT2D eigenvalue weighted by Gasteiger charge is 2.25. The van der Waals surface area contributed by atoms with Crippen molar-refractivity contribution in [2.75, 3.05) is 6.26 Å². The minimum absolute atomic E-state index is 0.608. The molecule has 0 fully saturated rings. The topological polar surface area (TPSA) is 54.4 Å². The zero-order chi connectivity index (χ0) is 11.6. The van der Waals surface area contributed by atoms with Crippen LogP contribution < -0.4 is 0 Å².